The molecule has 0 heterocycles. The summed E-state index contributed by atoms with van der Waals surface area (Å²) in [6, 6.07) is 3.75. The third-order valence-corrected chi connectivity index (χ3v) is 2.51. The number of benzene rings is 1. The van der Waals surface area contributed by atoms with Crippen LogP contribution in [0.5, 0.6) is 0 Å². The molecule has 1 aromatic carbocycles. The van der Waals surface area contributed by atoms with Crippen molar-refractivity contribution in [1.29, 1.82) is 0 Å². The number of nitrogens with two attached hydrogens (primary N) is 1. The van der Waals surface area contributed by atoms with Crippen LogP contribution in [0, 0.1) is 6.92 Å². The van der Waals surface area contributed by atoms with Crippen molar-refractivity contribution in [2.75, 3.05) is 6.54 Å². The van der Waals surface area contributed by atoms with Crippen LogP contribution in [0.2, 0.25) is 10.0 Å². The summed E-state index contributed by atoms with van der Waals surface area (Å²) in [6.45, 7) is 2.64. The summed E-state index contributed by atoms with van der Waals surface area (Å²) in [6.07, 6.45) is 0.850. The molecule has 0 saturated carbocycles. The van der Waals surface area contributed by atoms with Crippen LogP contribution in [0.1, 0.15) is 11.1 Å². The van der Waals surface area contributed by atoms with E-state index in [4.69, 9.17) is 28.9 Å². The second kappa shape index (κ2) is 4.13. The summed E-state index contributed by atoms with van der Waals surface area (Å²) in [5, 5.41) is 1.21. The minimum Gasteiger partial charge on any atom is -0.330 e. The SMILES string of the molecule is Cc1cc(Cl)c(Cl)cc1CCN. The highest BCUT2D eigenvalue weighted by molar-refractivity contribution is 6.42. The molecule has 0 aromatic heterocycles. The van der Waals surface area contributed by atoms with Gasteiger partial charge in [0, 0.05) is 0 Å². The van der Waals surface area contributed by atoms with Crippen molar-refractivity contribution in [2.45, 2.75) is 13.3 Å². The van der Waals surface area contributed by atoms with E-state index in [1.165, 1.54) is 5.56 Å². The Balaban J connectivity index is 3.05. The molecule has 3 heteroatoms. The second-order valence-electron chi connectivity index (χ2n) is 2.73. The van der Waals surface area contributed by atoms with Gasteiger partial charge in [-0.25, -0.2) is 0 Å². The van der Waals surface area contributed by atoms with Crippen LogP contribution in [0.3, 0.4) is 0 Å². The standard InChI is InChI=1S/C9H11Cl2N/c1-6-4-8(10)9(11)5-7(6)2-3-12/h4-5H,2-3,12H2,1H3. The number of aryl methyl sites for hydroxylation is 1. The molecule has 0 saturated heterocycles. The van der Waals surface area contributed by atoms with Gasteiger partial charge in [0.05, 0.1) is 10.0 Å². The molecular weight excluding hydrogens is 193 g/mol. The normalized spacial score (nSPS) is 10.3. The quantitative estimate of drug-likeness (QED) is 0.787. The summed E-state index contributed by atoms with van der Waals surface area (Å²) in [7, 11) is 0. The second-order valence-corrected chi connectivity index (χ2v) is 3.55. The smallest absolute Gasteiger partial charge is 0.0595 e. The maximum Gasteiger partial charge on any atom is 0.0595 e. The lowest BCUT2D eigenvalue weighted by molar-refractivity contribution is 0.958. The van der Waals surface area contributed by atoms with E-state index in [9.17, 15) is 0 Å². The Kier molecular flexibility index (Phi) is 3.39. The van der Waals surface area contributed by atoms with Gasteiger partial charge in [-0.1, -0.05) is 23.2 Å². The first-order valence-corrected chi connectivity index (χ1v) is 4.55. The van der Waals surface area contributed by atoms with Gasteiger partial charge in [0.25, 0.3) is 0 Å². The van der Waals surface area contributed by atoms with Gasteiger partial charge in [-0.2, -0.15) is 0 Å². The number of rotatable bonds is 2. The highest BCUT2D eigenvalue weighted by Gasteiger charge is 2.02. The van der Waals surface area contributed by atoms with Crippen molar-refractivity contribution in [3.8, 4) is 0 Å². The van der Waals surface area contributed by atoms with Crippen molar-refractivity contribution in [1.82, 2.24) is 0 Å². The Morgan fingerprint density at radius 2 is 1.83 bits per heavy atom. The number of hydrogen-bond acceptors (Lipinski definition) is 1. The van der Waals surface area contributed by atoms with E-state index < -0.39 is 0 Å². The molecule has 1 aromatic rings. The fourth-order valence-corrected chi connectivity index (χ4v) is 1.52. The Bertz CT molecular complexity index is 284. The largest absolute Gasteiger partial charge is 0.330 e. The van der Waals surface area contributed by atoms with Crippen LogP contribution in [0.15, 0.2) is 12.1 Å². The van der Waals surface area contributed by atoms with Gasteiger partial charge in [-0.15, -0.1) is 0 Å². The van der Waals surface area contributed by atoms with Gasteiger partial charge >= 0.3 is 0 Å². The zero-order valence-electron chi connectivity index (χ0n) is 6.90. The van der Waals surface area contributed by atoms with Crippen LogP contribution in [-0.2, 0) is 6.42 Å². The summed E-state index contributed by atoms with van der Waals surface area (Å²) in [5.41, 5.74) is 7.76. The summed E-state index contributed by atoms with van der Waals surface area (Å²) in [4.78, 5) is 0. The van der Waals surface area contributed by atoms with E-state index in [0.29, 0.717) is 16.6 Å². The van der Waals surface area contributed by atoms with Crippen molar-refractivity contribution < 1.29 is 0 Å². The summed E-state index contributed by atoms with van der Waals surface area (Å²) in [5.74, 6) is 0. The van der Waals surface area contributed by atoms with E-state index in [1.807, 2.05) is 19.1 Å². The van der Waals surface area contributed by atoms with Gasteiger partial charge in [-0.3, -0.25) is 0 Å². The van der Waals surface area contributed by atoms with Crippen molar-refractivity contribution in [3.05, 3.63) is 33.3 Å². The van der Waals surface area contributed by atoms with Crippen LogP contribution in [0.25, 0.3) is 0 Å². The Morgan fingerprint density at radius 3 is 2.42 bits per heavy atom. The van der Waals surface area contributed by atoms with Gasteiger partial charge in [-0.05, 0) is 43.1 Å². The lowest BCUT2D eigenvalue weighted by Gasteiger charge is -2.05. The maximum atomic E-state index is 5.85. The minimum absolute atomic E-state index is 0.603. The first-order valence-electron chi connectivity index (χ1n) is 3.79. The molecule has 1 rings (SSSR count). The number of hydrogen-bond donors (Lipinski definition) is 1. The highest BCUT2D eigenvalue weighted by atomic mass is 35.5. The molecule has 0 aliphatic rings. The predicted octanol–water partition coefficient (Wildman–Crippen LogP) is 2.80. The van der Waals surface area contributed by atoms with Crippen LogP contribution in [0.4, 0.5) is 0 Å². The van der Waals surface area contributed by atoms with Crippen molar-refractivity contribution in [3.63, 3.8) is 0 Å². The molecule has 12 heavy (non-hydrogen) atoms. The van der Waals surface area contributed by atoms with Gasteiger partial charge in [0.1, 0.15) is 0 Å². The van der Waals surface area contributed by atoms with Gasteiger partial charge in [0.2, 0.25) is 0 Å². The molecule has 0 unspecified atom stereocenters. The Labute approximate surface area is 82.5 Å². The van der Waals surface area contributed by atoms with E-state index in [0.717, 1.165) is 12.0 Å². The zero-order valence-corrected chi connectivity index (χ0v) is 8.41. The van der Waals surface area contributed by atoms with Crippen LogP contribution >= 0.6 is 23.2 Å². The average Bonchev–Trinajstić information content (AvgIpc) is 2.01. The van der Waals surface area contributed by atoms with E-state index in [2.05, 4.69) is 0 Å². The van der Waals surface area contributed by atoms with Crippen LogP contribution in [-0.4, -0.2) is 6.54 Å². The van der Waals surface area contributed by atoms with Crippen molar-refractivity contribution >= 4 is 23.2 Å². The first-order chi connectivity index (χ1) is 5.65. The molecule has 1 nitrogen and oxygen atoms in total. The van der Waals surface area contributed by atoms with Gasteiger partial charge in [0.15, 0.2) is 0 Å². The molecule has 0 aliphatic heterocycles. The van der Waals surface area contributed by atoms with E-state index in [1.54, 1.807) is 0 Å². The Morgan fingerprint density at radius 1 is 1.25 bits per heavy atom. The fourth-order valence-electron chi connectivity index (χ4n) is 1.11. The molecule has 0 bridgehead atoms. The highest BCUT2D eigenvalue weighted by Crippen LogP contribution is 2.25. The molecule has 2 N–H and O–H groups in total. The summed E-state index contributed by atoms with van der Waals surface area (Å²) >= 11 is 11.7. The topological polar surface area (TPSA) is 26.0 Å². The minimum atomic E-state index is 0.603. The molecule has 0 amide bonds. The maximum absolute atomic E-state index is 5.85. The molecule has 0 spiro atoms. The van der Waals surface area contributed by atoms with Gasteiger partial charge < -0.3 is 5.73 Å². The predicted molar refractivity (Wildman–Crippen MR) is 54.0 cm³/mol. The zero-order chi connectivity index (χ0) is 9.14. The first kappa shape index (κ1) is 9.85. The number of halogens is 2. The molecule has 66 valence electrons. The monoisotopic (exact) mass is 203 g/mol. The van der Waals surface area contributed by atoms with Crippen molar-refractivity contribution in [2.24, 2.45) is 5.73 Å². The molecular formula is C9H11Cl2N. The third kappa shape index (κ3) is 2.13. The Hall–Kier alpha value is -0.240. The molecule has 0 aliphatic carbocycles. The fraction of sp³-hybridized carbons (Fsp3) is 0.333. The average molecular weight is 204 g/mol. The van der Waals surface area contributed by atoms with E-state index in [-0.39, 0.29) is 0 Å². The van der Waals surface area contributed by atoms with Crippen LogP contribution < -0.4 is 5.73 Å². The molecule has 0 fully saturated rings. The lowest BCUT2D eigenvalue weighted by Crippen LogP contribution is -2.04. The lowest BCUT2D eigenvalue weighted by atomic mass is 10.1. The molecule has 0 atom stereocenters. The third-order valence-electron chi connectivity index (χ3n) is 1.79. The summed E-state index contributed by atoms with van der Waals surface area (Å²) < 4.78 is 0. The molecule has 0 radical (unpaired) electrons. The van der Waals surface area contributed by atoms with E-state index >= 15 is 0 Å².